The number of carbonyl (C=O) groups is 1. The molecule has 0 radical (unpaired) electrons. The van der Waals surface area contributed by atoms with Gasteiger partial charge in [-0.3, -0.25) is 15.1 Å². The van der Waals surface area contributed by atoms with Gasteiger partial charge in [0.2, 0.25) is 5.91 Å². The zero-order valence-corrected chi connectivity index (χ0v) is 18.9. The molecule has 174 valence electrons. The molecule has 3 saturated heterocycles. The van der Waals surface area contributed by atoms with Gasteiger partial charge in [-0.1, -0.05) is 24.3 Å². The third-order valence-corrected chi connectivity index (χ3v) is 7.55. The summed E-state index contributed by atoms with van der Waals surface area (Å²) in [6.45, 7) is 6.26. The monoisotopic (exact) mass is 450 g/mol. The number of hydrazine groups is 2. The van der Waals surface area contributed by atoms with E-state index in [1.54, 1.807) is 6.07 Å². The number of hydrogen-bond acceptors (Lipinski definition) is 6. The molecule has 4 fully saturated rings. The van der Waals surface area contributed by atoms with Gasteiger partial charge in [-0.05, 0) is 49.1 Å². The minimum Gasteiger partial charge on any atom is -0.369 e. The van der Waals surface area contributed by atoms with Crippen molar-refractivity contribution in [2.75, 3.05) is 36.1 Å². The molecule has 1 saturated carbocycles. The van der Waals surface area contributed by atoms with Gasteiger partial charge in [0.25, 0.3) is 0 Å². The summed E-state index contributed by atoms with van der Waals surface area (Å²) < 4.78 is 14.6. The van der Waals surface area contributed by atoms with Crippen molar-refractivity contribution in [1.82, 2.24) is 21.2 Å². The lowest BCUT2D eigenvalue weighted by atomic mass is 9.93. The second kappa shape index (κ2) is 8.36. The number of amides is 1. The Hall–Kier alpha value is -2.52. The van der Waals surface area contributed by atoms with Crippen LogP contribution in [0.5, 0.6) is 0 Å². The smallest absolute Gasteiger partial charge is 0.243 e. The molecule has 2 aromatic carbocycles. The maximum atomic E-state index is 14.6. The molecule has 3 aliphatic heterocycles. The zero-order valence-electron chi connectivity index (χ0n) is 18.9. The first-order valence-corrected chi connectivity index (χ1v) is 12.0. The van der Waals surface area contributed by atoms with Crippen LogP contribution in [0, 0.1) is 12.7 Å². The van der Waals surface area contributed by atoms with E-state index < -0.39 is 5.82 Å². The van der Waals surface area contributed by atoms with Gasteiger partial charge < -0.3 is 4.90 Å². The SMILES string of the molecule is Cc1cccc(F)c1N1NC2C(CC1=O)NNC2c1ccc(N2CCN(C3CC3)CC2)cc1. The second-order valence-corrected chi connectivity index (χ2v) is 9.71. The predicted octanol–water partition coefficient (Wildman–Crippen LogP) is 2.25. The van der Waals surface area contributed by atoms with Gasteiger partial charge >= 0.3 is 0 Å². The summed E-state index contributed by atoms with van der Waals surface area (Å²) >= 11 is 0. The van der Waals surface area contributed by atoms with Crippen LogP contribution >= 0.6 is 0 Å². The molecule has 0 spiro atoms. The lowest BCUT2D eigenvalue weighted by Crippen LogP contribution is -2.60. The van der Waals surface area contributed by atoms with Gasteiger partial charge in [0.15, 0.2) is 0 Å². The Kier molecular flexibility index (Phi) is 5.33. The molecule has 2 aromatic rings. The van der Waals surface area contributed by atoms with E-state index in [-0.39, 0.29) is 24.0 Å². The quantitative estimate of drug-likeness (QED) is 0.664. The number of nitrogens with one attached hydrogen (secondary N) is 3. The maximum Gasteiger partial charge on any atom is 0.243 e. The van der Waals surface area contributed by atoms with Gasteiger partial charge in [-0.2, -0.15) is 0 Å². The number of hydrogen-bond donors (Lipinski definition) is 3. The minimum atomic E-state index is -0.393. The van der Waals surface area contributed by atoms with E-state index in [0.717, 1.165) is 43.3 Å². The summed E-state index contributed by atoms with van der Waals surface area (Å²) in [7, 11) is 0. The van der Waals surface area contributed by atoms with Gasteiger partial charge in [-0.15, -0.1) is 0 Å². The lowest BCUT2D eigenvalue weighted by Gasteiger charge is -2.38. The van der Waals surface area contributed by atoms with Crippen LogP contribution < -0.4 is 26.2 Å². The molecule has 33 heavy (non-hydrogen) atoms. The molecule has 3 N–H and O–H groups in total. The number of anilines is 2. The number of para-hydroxylation sites is 1. The van der Waals surface area contributed by atoms with Crippen LogP contribution in [0.1, 0.15) is 36.4 Å². The fourth-order valence-electron chi connectivity index (χ4n) is 5.52. The number of carbonyl (C=O) groups excluding carboxylic acids is 1. The zero-order chi connectivity index (χ0) is 22.5. The summed E-state index contributed by atoms with van der Waals surface area (Å²) in [5, 5.41) is 1.40. The lowest BCUT2D eigenvalue weighted by molar-refractivity contribution is -0.121. The summed E-state index contributed by atoms with van der Waals surface area (Å²) in [6, 6.07) is 14.3. The largest absolute Gasteiger partial charge is 0.369 e. The van der Waals surface area contributed by atoms with E-state index in [0.29, 0.717) is 12.1 Å². The van der Waals surface area contributed by atoms with E-state index in [1.165, 1.54) is 29.6 Å². The van der Waals surface area contributed by atoms with Crippen molar-refractivity contribution in [3.05, 3.63) is 59.4 Å². The summed E-state index contributed by atoms with van der Waals surface area (Å²) in [5.74, 6) is -0.531. The summed E-state index contributed by atoms with van der Waals surface area (Å²) in [6.07, 6.45) is 3.04. The van der Waals surface area contributed by atoms with Crippen LogP contribution in [-0.4, -0.2) is 55.1 Å². The number of fused-ring (bicyclic) bond motifs is 1. The Morgan fingerprint density at radius 3 is 2.42 bits per heavy atom. The van der Waals surface area contributed by atoms with E-state index in [4.69, 9.17) is 0 Å². The third-order valence-electron chi connectivity index (χ3n) is 7.55. The van der Waals surface area contributed by atoms with Crippen LogP contribution in [0.15, 0.2) is 42.5 Å². The van der Waals surface area contributed by atoms with Crippen LogP contribution in [0.4, 0.5) is 15.8 Å². The highest BCUT2D eigenvalue weighted by Gasteiger charge is 2.44. The molecule has 0 aromatic heterocycles. The molecular formula is C25H31FN6O. The van der Waals surface area contributed by atoms with Crippen molar-refractivity contribution in [3.63, 3.8) is 0 Å². The van der Waals surface area contributed by atoms with Crippen molar-refractivity contribution in [2.24, 2.45) is 0 Å². The normalized spacial score (nSPS) is 28.3. The first-order chi connectivity index (χ1) is 16.1. The number of nitrogens with zero attached hydrogens (tertiary/aromatic N) is 3. The van der Waals surface area contributed by atoms with Crippen LogP contribution in [0.2, 0.25) is 0 Å². The van der Waals surface area contributed by atoms with E-state index in [2.05, 4.69) is 50.3 Å². The molecule has 8 heteroatoms. The highest BCUT2D eigenvalue weighted by atomic mass is 19.1. The number of halogens is 1. The van der Waals surface area contributed by atoms with E-state index in [9.17, 15) is 9.18 Å². The Morgan fingerprint density at radius 1 is 0.970 bits per heavy atom. The fraction of sp³-hybridized carbons (Fsp3) is 0.480. The maximum absolute atomic E-state index is 14.6. The van der Waals surface area contributed by atoms with Crippen molar-refractivity contribution < 1.29 is 9.18 Å². The average molecular weight is 451 g/mol. The topological polar surface area (TPSA) is 62.9 Å². The van der Waals surface area contributed by atoms with E-state index >= 15 is 0 Å². The average Bonchev–Trinajstić information content (AvgIpc) is 3.60. The minimum absolute atomic E-state index is 0.0292. The van der Waals surface area contributed by atoms with Crippen LogP contribution in [0.25, 0.3) is 0 Å². The molecule has 3 unspecified atom stereocenters. The van der Waals surface area contributed by atoms with Crippen LogP contribution in [-0.2, 0) is 4.79 Å². The van der Waals surface area contributed by atoms with Crippen LogP contribution in [0.3, 0.4) is 0 Å². The van der Waals surface area contributed by atoms with Gasteiger partial charge in [0.05, 0.1) is 17.8 Å². The molecule has 3 atom stereocenters. The number of rotatable bonds is 4. The first-order valence-electron chi connectivity index (χ1n) is 12.0. The molecule has 0 bridgehead atoms. The van der Waals surface area contributed by atoms with E-state index in [1.807, 2.05) is 13.0 Å². The first kappa shape index (κ1) is 21.0. The van der Waals surface area contributed by atoms with Crippen molar-refractivity contribution >= 4 is 17.3 Å². The third kappa shape index (κ3) is 3.91. The Labute approximate surface area is 193 Å². The predicted molar refractivity (Wildman–Crippen MR) is 126 cm³/mol. The molecule has 7 nitrogen and oxygen atoms in total. The summed E-state index contributed by atoms with van der Waals surface area (Å²) in [5.41, 5.74) is 13.4. The molecule has 1 aliphatic carbocycles. The molecule has 3 heterocycles. The Balaban J connectivity index is 1.17. The van der Waals surface area contributed by atoms with Crippen molar-refractivity contribution in [3.8, 4) is 0 Å². The molecule has 4 aliphatic rings. The molecular weight excluding hydrogens is 419 g/mol. The van der Waals surface area contributed by atoms with Gasteiger partial charge in [0.1, 0.15) is 5.82 Å². The highest BCUT2D eigenvalue weighted by molar-refractivity contribution is 5.94. The second-order valence-electron chi connectivity index (χ2n) is 9.71. The fourth-order valence-corrected chi connectivity index (χ4v) is 5.52. The number of aryl methyl sites for hydroxylation is 1. The summed E-state index contributed by atoms with van der Waals surface area (Å²) in [4.78, 5) is 17.9. The Morgan fingerprint density at radius 2 is 1.73 bits per heavy atom. The molecule has 6 rings (SSSR count). The standard InChI is InChI=1S/C25H31FN6O/c1-16-3-2-4-20(26)25(16)32-22(33)15-21-24(29-32)23(28-27-21)17-5-7-18(8-6-17)30-11-13-31(14-12-30)19-9-10-19/h2-8,19,21,23-24,27-29H,9-15H2,1H3. The number of benzene rings is 2. The van der Waals surface area contributed by atoms with Gasteiger partial charge in [0, 0.05) is 50.4 Å². The number of piperazine rings is 1. The molecule has 1 amide bonds. The highest BCUT2D eigenvalue weighted by Crippen LogP contribution is 2.33. The Bertz CT molecular complexity index is 1010. The van der Waals surface area contributed by atoms with Crippen molar-refractivity contribution in [1.29, 1.82) is 0 Å². The van der Waals surface area contributed by atoms with Crippen molar-refractivity contribution in [2.45, 2.75) is 50.4 Å². The van der Waals surface area contributed by atoms with Gasteiger partial charge in [-0.25, -0.2) is 20.3 Å².